The number of nitrogens with one attached hydrogen (secondary N) is 1. The lowest BCUT2D eigenvalue weighted by molar-refractivity contribution is 0.155. The molecule has 1 spiro atoms. The van der Waals surface area contributed by atoms with Crippen molar-refractivity contribution in [2.24, 2.45) is 10.4 Å². The number of likely N-dealkylation sites (tertiary alicyclic amines) is 1. The minimum absolute atomic E-state index is 0.353. The summed E-state index contributed by atoms with van der Waals surface area (Å²) >= 11 is 0. The maximum Gasteiger partial charge on any atom is 0.193 e. The van der Waals surface area contributed by atoms with Crippen LogP contribution in [0, 0.1) is 5.41 Å². The average molecular weight is 372 g/mol. The fourth-order valence-electron chi connectivity index (χ4n) is 4.70. The minimum atomic E-state index is 0.353. The summed E-state index contributed by atoms with van der Waals surface area (Å²) in [5.74, 6) is 2.00. The van der Waals surface area contributed by atoms with E-state index in [0.29, 0.717) is 11.5 Å². The highest BCUT2D eigenvalue weighted by Gasteiger charge is 2.42. The van der Waals surface area contributed by atoms with Crippen LogP contribution in [0.3, 0.4) is 0 Å². The van der Waals surface area contributed by atoms with Crippen molar-refractivity contribution >= 4 is 5.96 Å². The molecule has 2 aliphatic heterocycles. The fourth-order valence-corrected chi connectivity index (χ4v) is 4.70. The molecule has 5 heteroatoms. The van der Waals surface area contributed by atoms with Crippen LogP contribution in [0.1, 0.15) is 50.5 Å². The SMILES string of the molecule is CN=C(NCc1cccc(OC2CCCCC2)c1)N1CCC2(CCOC2)C1. The molecular formula is C22H33N3O2. The number of ether oxygens (including phenoxy) is 2. The van der Waals surface area contributed by atoms with E-state index in [0.717, 1.165) is 44.6 Å². The van der Waals surface area contributed by atoms with E-state index in [-0.39, 0.29) is 0 Å². The third kappa shape index (κ3) is 4.57. The van der Waals surface area contributed by atoms with Gasteiger partial charge in [-0.15, -0.1) is 0 Å². The van der Waals surface area contributed by atoms with Crippen molar-refractivity contribution in [1.82, 2.24) is 10.2 Å². The Morgan fingerprint density at radius 1 is 1.30 bits per heavy atom. The molecule has 1 N–H and O–H groups in total. The molecule has 4 rings (SSSR count). The second-order valence-corrected chi connectivity index (χ2v) is 8.40. The van der Waals surface area contributed by atoms with Crippen molar-refractivity contribution in [3.05, 3.63) is 29.8 Å². The summed E-state index contributed by atoms with van der Waals surface area (Å²) < 4.78 is 11.9. The number of aliphatic imine (C=N–C) groups is 1. The van der Waals surface area contributed by atoms with Gasteiger partial charge in [-0.2, -0.15) is 0 Å². The summed E-state index contributed by atoms with van der Waals surface area (Å²) in [6, 6.07) is 8.51. The molecule has 0 aromatic heterocycles. The third-order valence-electron chi connectivity index (χ3n) is 6.34. The second-order valence-electron chi connectivity index (χ2n) is 8.40. The molecular weight excluding hydrogens is 338 g/mol. The lowest BCUT2D eigenvalue weighted by atomic mass is 9.87. The predicted molar refractivity (Wildman–Crippen MR) is 108 cm³/mol. The second kappa shape index (κ2) is 8.51. The Hall–Kier alpha value is -1.75. The molecule has 1 unspecified atom stereocenters. The maximum absolute atomic E-state index is 6.21. The lowest BCUT2D eigenvalue weighted by Crippen LogP contribution is -2.41. The average Bonchev–Trinajstić information content (AvgIpc) is 3.34. The highest BCUT2D eigenvalue weighted by Crippen LogP contribution is 2.38. The van der Waals surface area contributed by atoms with Crippen molar-refractivity contribution in [1.29, 1.82) is 0 Å². The van der Waals surface area contributed by atoms with E-state index in [9.17, 15) is 0 Å². The number of rotatable bonds is 4. The van der Waals surface area contributed by atoms with Gasteiger partial charge in [-0.3, -0.25) is 4.99 Å². The van der Waals surface area contributed by atoms with Crippen LogP contribution < -0.4 is 10.1 Å². The van der Waals surface area contributed by atoms with Crippen molar-refractivity contribution in [3.8, 4) is 5.75 Å². The van der Waals surface area contributed by atoms with E-state index in [1.54, 1.807) is 0 Å². The third-order valence-corrected chi connectivity index (χ3v) is 6.34. The van der Waals surface area contributed by atoms with Crippen LogP contribution in [-0.2, 0) is 11.3 Å². The van der Waals surface area contributed by atoms with Crippen molar-refractivity contribution in [2.45, 2.75) is 57.6 Å². The monoisotopic (exact) mass is 371 g/mol. The Labute approximate surface area is 163 Å². The Balaban J connectivity index is 1.31. The van der Waals surface area contributed by atoms with Crippen LogP contribution in [0.15, 0.2) is 29.3 Å². The molecule has 148 valence electrons. The molecule has 1 aromatic carbocycles. The molecule has 0 radical (unpaired) electrons. The summed E-state index contributed by atoms with van der Waals surface area (Å²) in [5.41, 5.74) is 1.59. The van der Waals surface area contributed by atoms with Gasteiger partial charge in [-0.25, -0.2) is 0 Å². The number of hydrogen-bond acceptors (Lipinski definition) is 3. The van der Waals surface area contributed by atoms with Crippen LogP contribution in [0.25, 0.3) is 0 Å². The van der Waals surface area contributed by atoms with Gasteiger partial charge in [0.2, 0.25) is 0 Å². The van der Waals surface area contributed by atoms with Gasteiger partial charge in [0.15, 0.2) is 5.96 Å². The summed E-state index contributed by atoms with van der Waals surface area (Å²) in [6.07, 6.45) is 9.11. The summed E-state index contributed by atoms with van der Waals surface area (Å²) in [7, 11) is 1.88. The quantitative estimate of drug-likeness (QED) is 0.649. The molecule has 0 bridgehead atoms. The van der Waals surface area contributed by atoms with Gasteiger partial charge in [-0.05, 0) is 56.2 Å². The Morgan fingerprint density at radius 2 is 2.19 bits per heavy atom. The number of hydrogen-bond donors (Lipinski definition) is 1. The van der Waals surface area contributed by atoms with Gasteiger partial charge in [0.25, 0.3) is 0 Å². The van der Waals surface area contributed by atoms with Crippen molar-refractivity contribution < 1.29 is 9.47 Å². The van der Waals surface area contributed by atoms with Crippen LogP contribution in [0.2, 0.25) is 0 Å². The normalized spacial score (nSPS) is 26.7. The molecule has 3 aliphatic rings. The topological polar surface area (TPSA) is 46.1 Å². The first-order valence-corrected chi connectivity index (χ1v) is 10.6. The number of guanidine groups is 1. The summed E-state index contributed by atoms with van der Waals surface area (Å²) in [4.78, 5) is 6.90. The smallest absolute Gasteiger partial charge is 0.193 e. The van der Waals surface area contributed by atoms with Crippen LogP contribution >= 0.6 is 0 Å². The van der Waals surface area contributed by atoms with E-state index in [2.05, 4.69) is 39.5 Å². The first kappa shape index (κ1) is 18.6. The highest BCUT2D eigenvalue weighted by atomic mass is 16.5. The molecule has 27 heavy (non-hydrogen) atoms. The Bertz CT molecular complexity index is 649. The Kier molecular flexibility index (Phi) is 5.86. The zero-order valence-electron chi connectivity index (χ0n) is 16.6. The standard InChI is InChI=1S/C22H33N3O2/c1-23-21(25-12-10-22(16-25)11-13-26-17-22)24-15-18-6-5-9-20(14-18)27-19-7-3-2-4-8-19/h5-6,9,14,19H,2-4,7-8,10-13,15-17H2,1H3,(H,23,24). The van der Waals surface area contributed by atoms with Crippen molar-refractivity contribution in [2.75, 3.05) is 33.4 Å². The van der Waals surface area contributed by atoms with Crippen LogP contribution in [0.4, 0.5) is 0 Å². The van der Waals surface area contributed by atoms with Gasteiger partial charge in [-0.1, -0.05) is 18.6 Å². The largest absolute Gasteiger partial charge is 0.490 e. The predicted octanol–water partition coefficient (Wildman–Crippen LogP) is 3.59. The molecule has 1 atom stereocenters. The van der Waals surface area contributed by atoms with Crippen LogP contribution in [-0.4, -0.2) is 50.3 Å². The first-order valence-electron chi connectivity index (χ1n) is 10.6. The number of nitrogens with zero attached hydrogens (tertiary/aromatic N) is 2. The van der Waals surface area contributed by atoms with Gasteiger partial charge in [0, 0.05) is 38.7 Å². The van der Waals surface area contributed by atoms with Gasteiger partial charge in [0.05, 0.1) is 12.7 Å². The van der Waals surface area contributed by atoms with Gasteiger partial charge < -0.3 is 19.7 Å². The minimum Gasteiger partial charge on any atom is -0.490 e. The van der Waals surface area contributed by atoms with E-state index in [1.807, 2.05) is 7.05 Å². The molecule has 5 nitrogen and oxygen atoms in total. The molecule has 2 heterocycles. The molecule has 1 aliphatic carbocycles. The van der Waals surface area contributed by atoms with E-state index >= 15 is 0 Å². The zero-order chi connectivity index (χ0) is 18.5. The van der Waals surface area contributed by atoms with Gasteiger partial charge >= 0.3 is 0 Å². The fraction of sp³-hybridized carbons (Fsp3) is 0.682. The lowest BCUT2D eigenvalue weighted by Gasteiger charge is -2.25. The van der Waals surface area contributed by atoms with E-state index in [1.165, 1.54) is 50.5 Å². The van der Waals surface area contributed by atoms with Crippen molar-refractivity contribution in [3.63, 3.8) is 0 Å². The Morgan fingerprint density at radius 3 is 2.96 bits per heavy atom. The van der Waals surface area contributed by atoms with E-state index < -0.39 is 0 Å². The molecule has 1 aromatic rings. The zero-order valence-corrected chi connectivity index (χ0v) is 16.6. The van der Waals surface area contributed by atoms with Gasteiger partial charge in [0.1, 0.15) is 5.75 Å². The molecule has 2 saturated heterocycles. The molecule has 1 saturated carbocycles. The number of benzene rings is 1. The molecule has 0 amide bonds. The highest BCUT2D eigenvalue weighted by molar-refractivity contribution is 5.80. The summed E-state index contributed by atoms with van der Waals surface area (Å²) in [5, 5.41) is 3.54. The molecule has 3 fully saturated rings. The summed E-state index contributed by atoms with van der Waals surface area (Å²) in [6.45, 7) is 4.70. The van der Waals surface area contributed by atoms with Crippen LogP contribution in [0.5, 0.6) is 5.75 Å². The first-order chi connectivity index (χ1) is 13.3. The van der Waals surface area contributed by atoms with E-state index in [4.69, 9.17) is 9.47 Å². The maximum atomic E-state index is 6.21.